The first-order valence-corrected chi connectivity index (χ1v) is 10.5. The molecule has 0 bridgehead atoms. The zero-order chi connectivity index (χ0) is 24.2. The standard InChI is InChI=1S/C24H24ClN5O3/c1-15-12-22(29-26-17-8-6-16(7-9-17)24(2,3)4)23(33-5)14-21(15)28-27-20-11-10-18(30(31)32)13-19(20)25/h6-14H,1-5H3. The van der Waals surface area contributed by atoms with E-state index in [-0.39, 0.29) is 16.1 Å². The van der Waals surface area contributed by atoms with E-state index < -0.39 is 4.92 Å². The first-order valence-electron chi connectivity index (χ1n) is 10.1. The van der Waals surface area contributed by atoms with Crippen LogP contribution in [0.1, 0.15) is 31.9 Å². The summed E-state index contributed by atoms with van der Waals surface area (Å²) in [6.07, 6.45) is 0. The molecule has 0 spiro atoms. The molecule has 3 rings (SSSR count). The van der Waals surface area contributed by atoms with Crippen LogP contribution in [0.3, 0.4) is 0 Å². The molecule has 0 aliphatic carbocycles. The lowest BCUT2D eigenvalue weighted by atomic mass is 9.87. The summed E-state index contributed by atoms with van der Waals surface area (Å²) in [6.45, 7) is 8.34. The van der Waals surface area contributed by atoms with Gasteiger partial charge >= 0.3 is 0 Å². The summed E-state index contributed by atoms with van der Waals surface area (Å²) >= 11 is 6.09. The van der Waals surface area contributed by atoms with Gasteiger partial charge < -0.3 is 4.74 Å². The van der Waals surface area contributed by atoms with Gasteiger partial charge in [-0.1, -0.05) is 44.5 Å². The number of nitro groups is 1. The summed E-state index contributed by atoms with van der Waals surface area (Å²) < 4.78 is 5.45. The number of benzene rings is 3. The van der Waals surface area contributed by atoms with Crippen molar-refractivity contribution in [3.63, 3.8) is 0 Å². The van der Waals surface area contributed by atoms with Crippen LogP contribution in [0, 0.1) is 17.0 Å². The third kappa shape index (κ3) is 5.98. The number of azo groups is 2. The van der Waals surface area contributed by atoms with Crippen molar-refractivity contribution in [2.75, 3.05) is 7.11 Å². The van der Waals surface area contributed by atoms with Crippen LogP contribution in [-0.2, 0) is 5.41 Å². The third-order valence-electron chi connectivity index (χ3n) is 4.91. The molecule has 0 N–H and O–H groups in total. The van der Waals surface area contributed by atoms with Gasteiger partial charge in [0.05, 0.1) is 28.4 Å². The Balaban J connectivity index is 1.84. The molecule has 0 atom stereocenters. The van der Waals surface area contributed by atoms with Crippen LogP contribution in [0.2, 0.25) is 5.02 Å². The van der Waals surface area contributed by atoms with Crippen molar-refractivity contribution in [2.45, 2.75) is 33.1 Å². The molecular formula is C24H24ClN5O3. The van der Waals surface area contributed by atoms with E-state index in [1.807, 2.05) is 31.2 Å². The smallest absolute Gasteiger partial charge is 0.271 e. The Labute approximate surface area is 197 Å². The predicted molar refractivity (Wildman–Crippen MR) is 129 cm³/mol. The Hall–Kier alpha value is -3.65. The van der Waals surface area contributed by atoms with Crippen LogP contribution in [0.4, 0.5) is 28.4 Å². The molecule has 0 aromatic heterocycles. The van der Waals surface area contributed by atoms with Crippen molar-refractivity contribution < 1.29 is 9.66 Å². The van der Waals surface area contributed by atoms with E-state index in [1.165, 1.54) is 30.9 Å². The van der Waals surface area contributed by atoms with Crippen LogP contribution in [0.15, 0.2) is 75.1 Å². The molecule has 0 aliphatic rings. The summed E-state index contributed by atoms with van der Waals surface area (Å²) in [5, 5.41) is 28.0. The van der Waals surface area contributed by atoms with Crippen LogP contribution in [0.5, 0.6) is 5.75 Å². The molecule has 3 aromatic carbocycles. The molecule has 0 aliphatic heterocycles. The molecule has 33 heavy (non-hydrogen) atoms. The average Bonchev–Trinajstić information content (AvgIpc) is 2.77. The minimum atomic E-state index is -0.520. The summed E-state index contributed by atoms with van der Waals surface area (Å²) in [4.78, 5) is 10.3. The molecule has 0 heterocycles. The molecule has 0 fully saturated rings. The van der Waals surface area contributed by atoms with E-state index in [4.69, 9.17) is 16.3 Å². The quantitative estimate of drug-likeness (QED) is 0.206. The Morgan fingerprint density at radius 3 is 2.09 bits per heavy atom. The highest BCUT2D eigenvalue weighted by Crippen LogP contribution is 2.37. The molecule has 0 radical (unpaired) electrons. The van der Waals surface area contributed by atoms with Crippen molar-refractivity contribution in [3.8, 4) is 5.75 Å². The lowest BCUT2D eigenvalue weighted by Crippen LogP contribution is -2.10. The lowest BCUT2D eigenvalue weighted by molar-refractivity contribution is -0.384. The maximum Gasteiger partial charge on any atom is 0.271 e. The number of rotatable bonds is 6. The Morgan fingerprint density at radius 1 is 0.879 bits per heavy atom. The van der Waals surface area contributed by atoms with Crippen molar-refractivity contribution in [1.82, 2.24) is 0 Å². The number of nitrogens with zero attached hydrogens (tertiary/aromatic N) is 5. The summed E-state index contributed by atoms with van der Waals surface area (Å²) in [5.41, 5.74) is 4.14. The monoisotopic (exact) mass is 465 g/mol. The van der Waals surface area contributed by atoms with Gasteiger partial charge in [0.1, 0.15) is 17.1 Å². The highest BCUT2D eigenvalue weighted by atomic mass is 35.5. The average molecular weight is 466 g/mol. The molecule has 0 amide bonds. The van der Waals surface area contributed by atoms with Gasteiger partial charge in [0, 0.05) is 18.2 Å². The summed E-state index contributed by atoms with van der Waals surface area (Å²) in [6, 6.07) is 15.5. The van der Waals surface area contributed by atoms with Crippen LogP contribution < -0.4 is 4.74 Å². The second-order valence-electron chi connectivity index (χ2n) is 8.40. The topological polar surface area (TPSA) is 102 Å². The number of hydrogen-bond acceptors (Lipinski definition) is 7. The molecule has 0 unspecified atom stereocenters. The van der Waals surface area contributed by atoms with E-state index in [0.29, 0.717) is 22.8 Å². The van der Waals surface area contributed by atoms with E-state index in [1.54, 1.807) is 12.1 Å². The van der Waals surface area contributed by atoms with E-state index in [0.717, 1.165) is 11.3 Å². The summed E-state index contributed by atoms with van der Waals surface area (Å²) in [5.74, 6) is 0.486. The van der Waals surface area contributed by atoms with Gasteiger partial charge in [0.25, 0.3) is 5.69 Å². The highest BCUT2D eigenvalue weighted by Gasteiger charge is 2.13. The number of ether oxygens (including phenoxy) is 1. The second kappa shape index (κ2) is 9.87. The van der Waals surface area contributed by atoms with Gasteiger partial charge in [-0.15, -0.1) is 10.2 Å². The van der Waals surface area contributed by atoms with E-state index in [2.05, 4.69) is 41.2 Å². The van der Waals surface area contributed by atoms with E-state index >= 15 is 0 Å². The maximum atomic E-state index is 10.9. The van der Waals surface area contributed by atoms with E-state index in [9.17, 15) is 10.1 Å². The first kappa shape index (κ1) is 24.0. The minimum Gasteiger partial charge on any atom is -0.494 e. The third-order valence-corrected chi connectivity index (χ3v) is 5.21. The number of methoxy groups -OCH3 is 1. The van der Waals surface area contributed by atoms with Gasteiger partial charge in [0.15, 0.2) is 0 Å². The molecule has 9 heteroatoms. The number of nitro benzene ring substituents is 1. The fourth-order valence-corrected chi connectivity index (χ4v) is 3.16. The molecule has 0 saturated carbocycles. The van der Waals surface area contributed by atoms with Gasteiger partial charge in [-0.25, -0.2) is 0 Å². The fraction of sp³-hybridized carbons (Fsp3) is 0.250. The van der Waals surface area contributed by atoms with Crippen molar-refractivity contribution in [1.29, 1.82) is 0 Å². The number of halogens is 1. The van der Waals surface area contributed by atoms with Crippen molar-refractivity contribution in [3.05, 3.63) is 80.9 Å². The molecule has 3 aromatic rings. The number of non-ortho nitro benzene ring substituents is 1. The highest BCUT2D eigenvalue weighted by molar-refractivity contribution is 6.33. The normalized spacial score (nSPS) is 11.9. The Kier molecular flexibility index (Phi) is 7.18. The second-order valence-corrected chi connectivity index (χ2v) is 8.81. The van der Waals surface area contributed by atoms with Crippen molar-refractivity contribution in [2.24, 2.45) is 20.5 Å². The maximum absolute atomic E-state index is 10.9. The Morgan fingerprint density at radius 2 is 1.52 bits per heavy atom. The van der Waals surface area contributed by atoms with Crippen molar-refractivity contribution >= 4 is 40.0 Å². The number of aryl methyl sites for hydroxylation is 1. The molecule has 8 nitrogen and oxygen atoms in total. The lowest BCUT2D eigenvalue weighted by Gasteiger charge is -2.18. The van der Waals surface area contributed by atoms with Crippen LogP contribution in [-0.4, -0.2) is 12.0 Å². The minimum absolute atomic E-state index is 0.0685. The summed E-state index contributed by atoms with van der Waals surface area (Å²) in [7, 11) is 1.54. The molecular weight excluding hydrogens is 442 g/mol. The van der Waals surface area contributed by atoms with Crippen LogP contribution >= 0.6 is 11.6 Å². The van der Waals surface area contributed by atoms with Crippen LogP contribution in [0.25, 0.3) is 0 Å². The van der Waals surface area contributed by atoms with Gasteiger partial charge in [-0.3, -0.25) is 10.1 Å². The largest absolute Gasteiger partial charge is 0.494 e. The first-order chi connectivity index (χ1) is 15.6. The number of hydrogen-bond donors (Lipinski definition) is 0. The van der Waals surface area contributed by atoms with Gasteiger partial charge in [-0.2, -0.15) is 10.2 Å². The zero-order valence-corrected chi connectivity index (χ0v) is 19.8. The zero-order valence-electron chi connectivity index (χ0n) is 19.0. The Bertz CT molecular complexity index is 1230. The van der Waals surface area contributed by atoms with Gasteiger partial charge in [-0.05, 0) is 47.7 Å². The molecule has 0 saturated heterocycles. The fourth-order valence-electron chi connectivity index (χ4n) is 2.95. The SMILES string of the molecule is COc1cc(N=Nc2ccc([N+](=O)[O-])cc2Cl)c(C)cc1N=Nc1ccc(C(C)(C)C)cc1. The molecule has 170 valence electrons. The van der Waals surface area contributed by atoms with Gasteiger partial charge in [0.2, 0.25) is 0 Å². The predicted octanol–water partition coefficient (Wildman–Crippen LogP) is 8.69.